The number of aromatic nitrogens is 4. The van der Waals surface area contributed by atoms with Crippen molar-refractivity contribution < 1.29 is 8.22 Å². The van der Waals surface area contributed by atoms with E-state index in [1.54, 1.807) is 12.1 Å². The number of hydrogen-bond acceptors (Lipinski definition) is 7. The average molecular weight is 517 g/mol. The van der Waals surface area contributed by atoms with E-state index in [2.05, 4.69) is 34.5 Å². The van der Waals surface area contributed by atoms with Crippen LogP contribution in [0.2, 0.25) is 0 Å². The topological polar surface area (TPSA) is 136 Å². The molecule has 0 aliphatic heterocycles. The Kier molecular flexibility index (Phi) is 4.65. The summed E-state index contributed by atoms with van der Waals surface area (Å²) in [5.41, 5.74) is -2.28. The van der Waals surface area contributed by atoms with Crippen LogP contribution in [0, 0.1) is 53.7 Å². The fourth-order valence-corrected chi connectivity index (χ4v) is 3.61. The Bertz CT molecular complexity index is 2360. The standard InChI is InChI=1S/C30H10N10/c1-34-21-6-17(12-31)4-19(8-21)23(14-33)28-15-37-24-11-27-25(10-26(24)39-28)38-16-29(40-27)30(36-3)20-5-18(13-32)7-22(9-20)35-2/h4-11,15-16H/b28-23+,30-29-/i4D,5D,6D,7D,8D,9D. The first kappa shape index (κ1) is 18.3. The van der Waals surface area contributed by atoms with E-state index in [9.17, 15) is 15.8 Å². The predicted molar refractivity (Wildman–Crippen MR) is 144 cm³/mol. The zero-order valence-electron chi connectivity index (χ0n) is 25.8. The van der Waals surface area contributed by atoms with Crippen molar-refractivity contribution in [1.29, 1.82) is 15.8 Å². The first-order valence-electron chi connectivity index (χ1n) is 13.9. The van der Waals surface area contributed by atoms with Crippen molar-refractivity contribution in [1.82, 2.24) is 19.9 Å². The maximum absolute atomic E-state index is 9.99. The number of benzene rings is 3. The summed E-state index contributed by atoms with van der Waals surface area (Å²) in [7, 11) is 0. The highest BCUT2D eigenvalue weighted by Gasteiger charge is 2.11. The third-order valence-electron chi connectivity index (χ3n) is 5.34. The minimum atomic E-state index is -0.579. The molecule has 5 rings (SSSR count). The maximum atomic E-state index is 9.99. The van der Waals surface area contributed by atoms with Crippen LogP contribution >= 0.6 is 0 Å². The third kappa shape index (κ3) is 4.48. The van der Waals surface area contributed by atoms with Gasteiger partial charge >= 0.3 is 0 Å². The monoisotopic (exact) mass is 516 g/mol. The predicted octanol–water partition coefficient (Wildman–Crippen LogP) is 4.22. The van der Waals surface area contributed by atoms with Crippen molar-refractivity contribution >= 4 is 44.7 Å². The van der Waals surface area contributed by atoms with Crippen molar-refractivity contribution in [3.63, 3.8) is 0 Å². The molecule has 180 valence electrons. The van der Waals surface area contributed by atoms with Crippen LogP contribution in [0.4, 0.5) is 11.4 Å². The number of rotatable bonds is 2. The molecular weight excluding hydrogens is 500 g/mol. The molecular formula is C30H10N10. The molecule has 0 aliphatic rings. The van der Waals surface area contributed by atoms with Gasteiger partial charge in [-0.1, -0.05) is 12.1 Å². The van der Waals surface area contributed by atoms with Crippen LogP contribution in [0.5, 0.6) is 0 Å². The van der Waals surface area contributed by atoms with Gasteiger partial charge in [-0.2, -0.15) is 15.8 Å². The van der Waals surface area contributed by atoms with Gasteiger partial charge in [-0.05, 0) is 47.4 Å². The minimum Gasteiger partial charge on any atom is -0.257 e. The molecule has 40 heavy (non-hydrogen) atoms. The molecule has 2 heterocycles. The molecule has 0 unspecified atom stereocenters. The van der Waals surface area contributed by atoms with Gasteiger partial charge in [-0.3, -0.25) is 15.0 Å². The van der Waals surface area contributed by atoms with E-state index >= 15 is 0 Å². The molecule has 3 aromatic carbocycles. The third-order valence-corrected chi connectivity index (χ3v) is 5.34. The van der Waals surface area contributed by atoms with Gasteiger partial charge in [0.2, 0.25) is 5.70 Å². The summed E-state index contributed by atoms with van der Waals surface area (Å²) in [4.78, 5) is 27.2. The molecule has 0 aliphatic carbocycles. The molecule has 0 saturated carbocycles. The Morgan fingerprint density at radius 2 is 1.23 bits per heavy atom. The van der Waals surface area contributed by atoms with Gasteiger partial charge in [-0.15, -0.1) is 0 Å². The Hall–Kier alpha value is -6.98. The van der Waals surface area contributed by atoms with Gasteiger partial charge in [0.1, 0.15) is 11.4 Å². The first-order chi connectivity index (χ1) is 22.1. The van der Waals surface area contributed by atoms with Crippen molar-refractivity contribution in [3.8, 4) is 18.2 Å². The Morgan fingerprint density at radius 3 is 1.75 bits per heavy atom. The van der Waals surface area contributed by atoms with Crippen LogP contribution in [-0.4, -0.2) is 19.9 Å². The molecule has 0 bridgehead atoms. The lowest BCUT2D eigenvalue weighted by Gasteiger charge is -2.04. The molecule has 10 heteroatoms. The molecule has 0 spiro atoms. The molecule has 0 N–H and O–H groups in total. The largest absolute Gasteiger partial charge is 0.257 e. The Balaban J connectivity index is 1.78. The highest BCUT2D eigenvalue weighted by Crippen LogP contribution is 2.24. The SMILES string of the molecule is [2H]c1c(C#N)c([2H])c(/C(C#N)=c2\cnc3cc4n/c(=C(\[N+]#[C-])c5c([2H])c(C#N)c([2H])c([N+]#[C-])c5[2H])cnc4cc3n2)c([2H])c1[N+]#[C-]. The van der Waals surface area contributed by atoms with E-state index in [4.69, 9.17) is 27.9 Å². The number of fused-ring (bicyclic) bond motifs is 2. The zero-order chi connectivity index (χ0) is 33.4. The van der Waals surface area contributed by atoms with Gasteiger partial charge in [-0.25, -0.2) is 19.5 Å². The van der Waals surface area contributed by atoms with Gasteiger partial charge in [0.05, 0.1) is 76.5 Å². The zero-order valence-corrected chi connectivity index (χ0v) is 19.8. The van der Waals surface area contributed by atoms with Crippen LogP contribution in [0.3, 0.4) is 0 Å². The lowest BCUT2D eigenvalue weighted by Crippen LogP contribution is -2.14. The molecule has 0 amide bonds. The fraction of sp³-hybridized carbons (Fsp3) is 0. The molecule has 0 saturated heterocycles. The van der Waals surface area contributed by atoms with Crippen molar-refractivity contribution in [2.45, 2.75) is 0 Å². The van der Waals surface area contributed by atoms with E-state index in [-0.39, 0.29) is 55.2 Å². The Morgan fingerprint density at radius 1 is 0.700 bits per heavy atom. The summed E-state index contributed by atoms with van der Waals surface area (Å²) >= 11 is 0. The molecule has 2 aromatic heterocycles. The number of nitriles is 3. The molecule has 0 atom stereocenters. The smallest absolute Gasteiger partial charge is 0.219 e. The average Bonchev–Trinajstić information content (AvgIpc) is 3.04. The van der Waals surface area contributed by atoms with E-state index in [1.807, 2.05) is 6.07 Å². The maximum Gasteiger partial charge on any atom is 0.219 e. The molecule has 5 aromatic rings. The Labute approximate surface area is 235 Å². The second kappa shape index (κ2) is 10.2. The highest BCUT2D eigenvalue weighted by atomic mass is 14.8. The van der Waals surface area contributed by atoms with E-state index in [1.165, 1.54) is 24.5 Å². The van der Waals surface area contributed by atoms with E-state index in [0.717, 1.165) is 0 Å². The van der Waals surface area contributed by atoms with Crippen LogP contribution in [0.15, 0.2) is 60.8 Å². The normalized spacial score (nSPS) is 13.8. The summed E-state index contributed by atoms with van der Waals surface area (Å²) in [6, 6.07) is 4.77. The molecule has 10 nitrogen and oxygen atoms in total. The molecule has 0 fully saturated rings. The van der Waals surface area contributed by atoms with Crippen LogP contribution < -0.4 is 10.7 Å². The first-order valence-corrected chi connectivity index (χ1v) is 10.9. The fourth-order valence-electron chi connectivity index (χ4n) is 3.61. The molecule has 0 radical (unpaired) electrons. The van der Waals surface area contributed by atoms with Crippen LogP contribution in [0.25, 0.3) is 47.9 Å². The summed E-state index contributed by atoms with van der Waals surface area (Å²) in [6.45, 7) is 22.4. The quantitative estimate of drug-likeness (QED) is 0.253. The van der Waals surface area contributed by atoms with Crippen molar-refractivity contribution in [2.75, 3.05) is 0 Å². The summed E-state index contributed by atoms with van der Waals surface area (Å²) < 4.78 is 49.5. The van der Waals surface area contributed by atoms with Crippen molar-refractivity contribution in [2.24, 2.45) is 0 Å². The summed E-state index contributed by atoms with van der Waals surface area (Å²) in [5.74, 6) is 0. The number of hydrogen-bond donors (Lipinski definition) is 0. The number of nitrogens with zero attached hydrogens (tertiary/aromatic N) is 10. The lowest BCUT2D eigenvalue weighted by atomic mass is 10.0. The van der Waals surface area contributed by atoms with Gasteiger partial charge in [0, 0.05) is 20.1 Å². The van der Waals surface area contributed by atoms with Crippen LogP contribution in [0.1, 0.15) is 30.5 Å². The summed E-state index contributed by atoms with van der Waals surface area (Å²) in [6.07, 6.45) is 2.38. The second-order valence-electron chi connectivity index (χ2n) is 7.68. The van der Waals surface area contributed by atoms with Crippen molar-refractivity contribution in [3.05, 3.63) is 128 Å². The lowest BCUT2D eigenvalue weighted by molar-refractivity contribution is 1.20. The van der Waals surface area contributed by atoms with Gasteiger partial charge < -0.3 is 0 Å². The van der Waals surface area contributed by atoms with Gasteiger partial charge in [0.25, 0.3) is 0 Å². The van der Waals surface area contributed by atoms with Crippen LogP contribution in [-0.2, 0) is 0 Å². The van der Waals surface area contributed by atoms with E-state index in [0.29, 0.717) is 0 Å². The second-order valence-corrected chi connectivity index (χ2v) is 7.68. The van der Waals surface area contributed by atoms with Gasteiger partial charge in [0.15, 0.2) is 11.4 Å². The van der Waals surface area contributed by atoms with E-state index < -0.39 is 58.8 Å². The highest BCUT2D eigenvalue weighted by molar-refractivity contribution is 5.91. The minimum absolute atomic E-state index is 0.0706. The summed E-state index contributed by atoms with van der Waals surface area (Å²) in [5, 5.41) is 28.8.